The van der Waals surface area contributed by atoms with E-state index in [-0.39, 0.29) is 18.0 Å². The highest BCUT2D eigenvalue weighted by Crippen LogP contribution is 2.17. The standard InChI is InChI=1S/C25H23ClN4O3S/c1-3-30(13-23-28-22-12-18(26)7-10-21(22)25(32)29-23)24(31)11-6-17-4-8-20(9-5-17)33-14-19-15-34-16(2)27-19/h4-12,15H,3,13-14H2,1-2H3,(H,28,29,32)/b11-6+. The second kappa shape index (κ2) is 10.6. The lowest BCUT2D eigenvalue weighted by Gasteiger charge is -2.18. The molecule has 9 heteroatoms. The fourth-order valence-corrected chi connectivity index (χ4v) is 4.11. The summed E-state index contributed by atoms with van der Waals surface area (Å²) < 4.78 is 5.76. The first kappa shape index (κ1) is 23.7. The molecule has 0 fully saturated rings. The molecular weight excluding hydrogens is 472 g/mol. The molecule has 1 N–H and O–H groups in total. The molecule has 0 aliphatic rings. The molecule has 2 aromatic carbocycles. The van der Waals surface area contributed by atoms with Gasteiger partial charge in [0.1, 0.15) is 18.2 Å². The highest BCUT2D eigenvalue weighted by Gasteiger charge is 2.12. The third kappa shape index (κ3) is 5.89. The summed E-state index contributed by atoms with van der Waals surface area (Å²) in [7, 11) is 0. The number of carbonyl (C=O) groups excluding carboxylic acids is 1. The van der Waals surface area contributed by atoms with E-state index in [1.165, 1.54) is 6.08 Å². The van der Waals surface area contributed by atoms with Crippen molar-refractivity contribution in [2.75, 3.05) is 6.54 Å². The molecule has 174 valence electrons. The third-order valence-corrected chi connectivity index (χ3v) is 6.16. The van der Waals surface area contributed by atoms with Gasteiger partial charge >= 0.3 is 0 Å². The molecule has 0 spiro atoms. The average Bonchev–Trinajstić information content (AvgIpc) is 3.25. The van der Waals surface area contributed by atoms with Crippen molar-refractivity contribution in [3.05, 3.63) is 91.4 Å². The first-order chi connectivity index (χ1) is 16.4. The third-order valence-electron chi connectivity index (χ3n) is 5.10. The number of ether oxygens (including phenoxy) is 1. The van der Waals surface area contributed by atoms with E-state index in [2.05, 4.69) is 15.0 Å². The van der Waals surface area contributed by atoms with E-state index in [9.17, 15) is 9.59 Å². The number of hydrogen-bond acceptors (Lipinski definition) is 6. The van der Waals surface area contributed by atoms with Gasteiger partial charge in [-0.15, -0.1) is 11.3 Å². The van der Waals surface area contributed by atoms with Gasteiger partial charge in [0.25, 0.3) is 5.56 Å². The minimum absolute atomic E-state index is 0.181. The number of thiazole rings is 1. The van der Waals surface area contributed by atoms with Gasteiger partial charge in [-0.3, -0.25) is 9.59 Å². The lowest BCUT2D eigenvalue weighted by molar-refractivity contribution is -0.126. The van der Waals surface area contributed by atoms with E-state index in [1.54, 1.807) is 40.5 Å². The molecule has 0 saturated heterocycles. The minimum atomic E-state index is -0.261. The average molecular weight is 495 g/mol. The van der Waals surface area contributed by atoms with Crippen LogP contribution in [0.25, 0.3) is 17.0 Å². The normalized spacial score (nSPS) is 11.3. The fourth-order valence-electron chi connectivity index (χ4n) is 3.34. The zero-order valence-corrected chi connectivity index (χ0v) is 20.3. The Balaban J connectivity index is 1.39. The number of hydrogen-bond donors (Lipinski definition) is 1. The van der Waals surface area contributed by atoms with Crippen LogP contribution in [-0.2, 0) is 17.9 Å². The van der Waals surface area contributed by atoms with Crippen LogP contribution in [0.2, 0.25) is 5.02 Å². The number of benzene rings is 2. The topological polar surface area (TPSA) is 88.2 Å². The molecule has 0 bridgehead atoms. The molecular formula is C25H23ClN4O3S. The number of nitrogens with one attached hydrogen (secondary N) is 1. The molecule has 4 rings (SSSR count). The minimum Gasteiger partial charge on any atom is -0.487 e. The number of aryl methyl sites for hydroxylation is 1. The van der Waals surface area contributed by atoms with E-state index >= 15 is 0 Å². The largest absolute Gasteiger partial charge is 0.487 e. The van der Waals surface area contributed by atoms with Crippen LogP contribution in [0.3, 0.4) is 0 Å². The van der Waals surface area contributed by atoms with Gasteiger partial charge in [-0.25, -0.2) is 9.97 Å². The van der Waals surface area contributed by atoms with Crippen LogP contribution in [-0.4, -0.2) is 32.3 Å². The van der Waals surface area contributed by atoms with E-state index in [0.29, 0.717) is 34.9 Å². The molecule has 0 aliphatic carbocycles. The maximum absolute atomic E-state index is 12.8. The second-order valence-corrected chi connectivity index (χ2v) is 9.07. The Labute approximate surface area is 205 Å². The Hall–Kier alpha value is -3.49. The highest BCUT2D eigenvalue weighted by atomic mass is 35.5. The smallest absolute Gasteiger partial charge is 0.258 e. The Kier molecular flexibility index (Phi) is 7.40. The van der Waals surface area contributed by atoms with Crippen LogP contribution >= 0.6 is 22.9 Å². The van der Waals surface area contributed by atoms with Crippen LogP contribution in [0, 0.1) is 6.92 Å². The van der Waals surface area contributed by atoms with Crippen molar-refractivity contribution in [3.8, 4) is 5.75 Å². The Morgan fingerprint density at radius 3 is 2.71 bits per heavy atom. The molecule has 4 aromatic rings. The van der Waals surface area contributed by atoms with Gasteiger partial charge in [-0.1, -0.05) is 23.7 Å². The number of H-pyrrole nitrogens is 1. The van der Waals surface area contributed by atoms with Crippen LogP contribution < -0.4 is 10.3 Å². The van der Waals surface area contributed by atoms with E-state index in [0.717, 1.165) is 22.0 Å². The molecule has 34 heavy (non-hydrogen) atoms. The van der Waals surface area contributed by atoms with E-state index in [4.69, 9.17) is 16.3 Å². The molecule has 7 nitrogen and oxygen atoms in total. The predicted molar refractivity (Wildman–Crippen MR) is 135 cm³/mol. The van der Waals surface area contributed by atoms with Crippen LogP contribution in [0.15, 0.2) is 58.7 Å². The van der Waals surface area contributed by atoms with Gasteiger partial charge < -0.3 is 14.6 Å². The summed E-state index contributed by atoms with van der Waals surface area (Å²) in [5.41, 5.74) is 2.01. The number of aromatic amines is 1. The number of carbonyl (C=O) groups is 1. The van der Waals surface area contributed by atoms with Crippen molar-refractivity contribution in [3.63, 3.8) is 0 Å². The van der Waals surface area contributed by atoms with E-state index < -0.39 is 0 Å². The molecule has 0 atom stereocenters. The molecule has 0 aliphatic heterocycles. The maximum Gasteiger partial charge on any atom is 0.258 e. The van der Waals surface area contributed by atoms with E-state index in [1.807, 2.05) is 43.5 Å². The van der Waals surface area contributed by atoms with Gasteiger partial charge in [-0.2, -0.15) is 0 Å². The number of fused-ring (bicyclic) bond motifs is 1. The van der Waals surface area contributed by atoms with Gasteiger partial charge in [0.2, 0.25) is 5.91 Å². The first-order valence-electron chi connectivity index (χ1n) is 10.7. The van der Waals surface area contributed by atoms with Gasteiger partial charge in [0.15, 0.2) is 0 Å². The summed E-state index contributed by atoms with van der Waals surface area (Å²) in [4.78, 5) is 38.3. The van der Waals surface area contributed by atoms with Crippen molar-refractivity contribution in [2.45, 2.75) is 27.0 Å². The lowest BCUT2D eigenvalue weighted by Crippen LogP contribution is -2.30. The first-order valence-corrected chi connectivity index (χ1v) is 12.0. The van der Waals surface area contributed by atoms with Crippen LogP contribution in [0.4, 0.5) is 0 Å². The molecule has 1 amide bonds. The van der Waals surface area contributed by atoms with Gasteiger partial charge in [0, 0.05) is 23.0 Å². The predicted octanol–water partition coefficient (Wildman–Crippen LogP) is 4.98. The zero-order chi connectivity index (χ0) is 24.1. The molecule has 0 unspecified atom stereocenters. The van der Waals surface area contributed by atoms with Crippen molar-refractivity contribution >= 4 is 45.8 Å². The zero-order valence-electron chi connectivity index (χ0n) is 18.7. The van der Waals surface area contributed by atoms with Gasteiger partial charge in [-0.05, 0) is 55.8 Å². The molecule has 2 aromatic heterocycles. The number of nitrogens with zero attached hydrogens (tertiary/aromatic N) is 3. The van der Waals surface area contributed by atoms with Gasteiger partial charge in [0.05, 0.1) is 28.1 Å². The monoisotopic (exact) mass is 494 g/mol. The maximum atomic E-state index is 12.8. The van der Waals surface area contributed by atoms with Crippen LogP contribution in [0.1, 0.15) is 29.0 Å². The number of likely N-dealkylation sites (N-methyl/N-ethyl adjacent to an activating group) is 1. The summed E-state index contributed by atoms with van der Waals surface area (Å²) in [5, 5.41) is 3.95. The molecule has 0 saturated carbocycles. The molecule has 2 heterocycles. The summed E-state index contributed by atoms with van der Waals surface area (Å²) in [6.07, 6.45) is 3.25. The summed E-state index contributed by atoms with van der Waals surface area (Å²) >= 11 is 7.62. The number of aromatic nitrogens is 3. The van der Waals surface area contributed by atoms with Crippen molar-refractivity contribution in [2.24, 2.45) is 0 Å². The molecule has 0 radical (unpaired) electrons. The number of halogens is 1. The van der Waals surface area contributed by atoms with Crippen molar-refractivity contribution < 1.29 is 9.53 Å². The Morgan fingerprint density at radius 1 is 1.21 bits per heavy atom. The highest BCUT2D eigenvalue weighted by molar-refractivity contribution is 7.09. The lowest BCUT2D eigenvalue weighted by atomic mass is 10.2. The second-order valence-electron chi connectivity index (χ2n) is 7.58. The van der Waals surface area contributed by atoms with Crippen molar-refractivity contribution in [1.82, 2.24) is 19.9 Å². The Bertz CT molecular complexity index is 1400. The number of rotatable bonds is 8. The fraction of sp³-hybridized carbons (Fsp3) is 0.200. The van der Waals surface area contributed by atoms with Crippen LogP contribution in [0.5, 0.6) is 5.75 Å². The number of amides is 1. The Morgan fingerprint density at radius 2 is 2.00 bits per heavy atom. The summed E-state index contributed by atoms with van der Waals surface area (Å²) in [6, 6.07) is 12.4. The van der Waals surface area contributed by atoms with Crippen molar-refractivity contribution in [1.29, 1.82) is 0 Å². The summed E-state index contributed by atoms with van der Waals surface area (Å²) in [5.74, 6) is 0.950. The quantitative estimate of drug-likeness (QED) is 0.349. The SMILES string of the molecule is CCN(Cc1nc2cc(Cl)ccc2c(=O)[nH]1)C(=O)/C=C/c1ccc(OCc2csc(C)n2)cc1. The summed E-state index contributed by atoms with van der Waals surface area (Å²) in [6.45, 7) is 4.89.